The van der Waals surface area contributed by atoms with Crippen molar-refractivity contribution in [2.45, 2.75) is 62.0 Å². The van der Waals surface area contributed by atoms with Gasteiger partial charge >= 0.3 is 5.97 Å². The highest BCUT2D eigenvalue weighted by Crippen LogP contribution is 2.60. The molecule has 3 aliphatic rings. The van der Waals surface area contributed by atoms with E-state index in [0.29, 0.717) is 18.4 Å². The molecule has 12 heteroatoms. The monoisotopic (exact) mass is 549 g/mol. The predicted octanol–water partition coefficient (Wildman–Crippen LogP) is 0.587. The molecule has 3 aliphatic heterocycles. The van der Waals surface area contributed by atoms with Gasteiger partial charge in [-0.3, -0.25) is 14.4 Å². The molecule has 3 fully saturated rings. The minimum absolute atomic E-state index is 0.0387. The molecule has 0 radical (unpaired) electrons. The number of halogens is 1. The molecule has 2 N–H and O–H groups in total. The van der Waals surface area contributed by atoms with Gasteiger partial charge in [-0.15, -0.1) is 5.10 Å². The van der Waals surface area contributed by atoms with Crippen molar-refractivity contribution in [1.29, 1.82) is 0 Å². The van der Waals surface area contributed by atoms with Crippen molar-refractivity contribution >= 4 is 44.7 Å². The number of ether oxygens (including phenoxy) is 2. The van der Waals surface area contributed by atoms with E-state index in [2.05, 4.69) is 31.6 Å². The first kappa shape index (κ1) is 24.1. The van der Waals surface area contributed by atoms with Crippen molar-refractivity contribution in [2.24, 2.45) is 11.8 Å². The van der Waals surface area contributed by atoms with Crippen LogP contribution in [0.25, 0.3) is 11.0 Å². The van der Waals surface area contributed by atoms with Gasteiger partial charge in [0.1, 0.15) is 23.8 Å². The van der Waals surface area contributed by atoms with Crippen LogP contribution in [0.5, 0.6) is 0 Å². The summed E-state index contributed by atoms with van der Waals surface area (Å²) in [4.78, 5) is 41.6. The van der Waals surface area contributed by atoms with E-state index in [1.165, 1.54) is 4.90 Å². The summed E-state index contributed by atoms with van der Waals surface area (Å²) in [6.07, 6.45) is 0.245. The topological polar surface area (TPSA) is 136 Å². The van der Waals surface area contributed by atoms with Crippen LogP contribution >= 0.6 is 15.9 Å². The molecule has 0 saturated carbocycles. The van der Waals surface area contributed by atoms with E-state index < -0.39 is 47.5 Å². The standard InChI is InChI=1S/C23H28BrN5O6/c1-3-12(10-30)29-19(20(31)25-11-28-15-8-6-5-7-14(15)26-27-28)23-9-13(24)18(35-23)16(17(23)21(29)32)22(33)34-4-2/h5-8,12-13,16-19,30H,3-4,9-11H2,1-2H3,(H,25,31)/t12-,13?,16+,17-,18+,19?,23?/m0/s1. The summed E-state index contributed by atoms with van der Waals surface area (Å²) >= 11 is 3.61. The number of alkyl halides is 1. The summed E-state index contributed by atoms with van der Waals surface area (Å²) in [7, 11) is 0. The Morgan fingerprint density at radius 2 is 2.14 bits per heavy atom. The van der Waals surface area contributed by atoms with Crippen LogP contribution in [0.15, 0.2) is 24.3 Å². The number of esters is 1. The van der Waals surface area contributed by atoms with Gasteiger partial charge in [-0.1, -0.05) is 40.2 Å². The number of carbonyl (C=O) groups excluding carboxylic acids is 3. The highest BCUT2D eigenvalue weighted by molar-refractivity contribution is 9.09. The molecular weight excluding hydrogens is 522 g/mol. The number of likely N-dealkylation sites (tertiary alicyclic amines) is 1. The Kier molecular flexibility index (Phi) is 6.30. The van der Waals surface area contributed by atoms with Gasteiger partial charge in [-0.2, -0.15) is 0 Å². The minimum Gasteiger partial charge on any atom is -0.466 e. The zero-order valence-electron chi connectivity index (χ0n) is 19.5. The Bertz CT molecular complexity index is 1150. The van der Waals surface area contributed by atoms with E-state index >= 15 is 0 Å². The molecule has 3 saturated heterocycles. The highest BCUT2D eigenvalue weighted by atomic mass is 79.9. The number of fused-ring (bicyclic) bond motifs is 2. The molecule has 1 aromatic heterocycles. The van der Waals surface area contributed by atoms with Gasteiger partial charge in [-0.05, 0) is 31.9 Å². The maximum absolute atomic E-state index is 13.8. The zero-order valence-corrected chi connectivity index (χ0v) is 21.1. The summed E-state index contributed by atoms with van der Waals surface area (Å²) in [5.41, 5.74) is 0.247. The first-order chi connectivity index (χ1) is 16.9. The highest BCUT2D eigenvalue weighted by Gasteiger charge is 2.77. The largest absolute Gasteiger partial charge is 0.466 e. The first-order valence-electron chi connectivity index (χ1n) is 11.8. The van der Waals surface area contributed by atoms with E-state index in [0.717, 1.165) is 5.52 Å². The van der Waals surface area contributed by atoms with Crippen molar-refractivity contribution in [3.05, 3.63) is 24.3 Å². The third kappa shape index (κ3) is 3.56. The number of para-hydroxylation sites is 1. The van der Waals surface area contributed by atoms with Crippen molar-refractivity contribution in [3.63, 3.8) is 0 Å². The molecule has 1 aromatic carbocycles. The van der Waals surface area contributed by atoms with Crippen molar-refractivity contribution in [3.8, 4) is 0 Å². The minimum atomic E-state index is -1.20. The fraction of sp³-hybridized carbons (Fsp3) is 0.609. The van der Waals surface area contributed by atoms with Crippen LogP contribution in [0.1, 0.15) is 26.7 Å². The van der Waals surface area contributed by atoms with Gasteiger partial charge in [0, 0.05) is 4.83 Å². The lowest BCUT2D eigenvalue weighted by atomic mass is 9.70. The summed E-state index contributed by atoms with van der Waals surface area (Å²) in [5.74, 6) is -2.98. The van der Waals surface area contributed by atoms with Gasteiger partial charge in [0.25, 0.3) is 0 Å². The van der Waals surface area contributed by atoms with Crippen LogP contribution in [0.2, 0.25) is 0 Å². The van der Waals surface area contributed by atoms with Crippen molar-refractivity contribution in [1.82, 2.24) is 25.2 Å². The van der Waals surface area contributed by atoms with E-state index in [4.69, 9.17) is 9.47 Å². The normalized spacial score (nSPS) is 32.2. The average molecular weight is 550 g/mol. The lowest BCUT2D eigenvalue weighted by Crippen LogP contribution is -2.58. The van der Waals surface area contributed by atoms with Crippen LogP contribution in [0.3, 0.4) is 0 Å². The van der Waals surface area contributed by atoms with Crippen LogP contribution in [-0.4, -0.2) is 84.6 Å². The number of benzene rings is 1. The van der Waals surface area contributed by atoms with E-state index in [1.807, 2.05) is 31.2 Å². The molecule has 4 heterocycles. The molecule has 3 unspecified atom stereocenters. The molecule has 2 bridgehead atoms. The maximum atomic E-state index is 13.8. The van der Waals surface area contributed by atoms with Gasteiger partial charge in [-0.25, -0.2) is 4.68 Å². The number of amides is 2. The number of rotatable bonds is 8. The quantitative estimate of drug-likeness (QED) is 0.360. The fourth-order valence-electron chi connectivity index (χ4n) is 5.97. The fourth-order valence-corrected chi connectivity index (χ4v) is 6.91. The van der Waals surface area contributed by atoms with Crippen LogP contribution < -0.4 is 5.32 Å². The summed E-state index contributed by atoms with van der Waals surface area (Å²) in [6, 6.07) is 5.77. The molecule has 7 atom stereocenters. The summed E-state index contributed by atoms with van der Waals surface area (Å²) < 4.78 is 13.2. The molecule has 2 aromatic rings. The number of aliphatic hydroxyl groups excluding tert-OH is 1. The van der Waals surface area contributed by atoms with Gasteiger partial charge in [0.05, 0.1) is 42.7 Å². The second-order valence-corrected chi connectivity index (χ2v) is 10.4. The lowest BCUT2D eigenvalue weighted by Gasteiger charge is -2.36. The number of hydrogen-bond acceptors (Lipinski definition) is 8. The summed E-state index contributed by atoms with van der Waals surface area (Å²) in [6.45, 7) is 3.45. The average Bonchev–Trinajstić information content (AvgIpc) is 3.56. The third-order valence-electron chi connectivity index (χ3n) is 7.43. The number of aliphatic hydroxyl groups is 1. The molecule has 2 amide bonds. The third-order valence-corrected chi connectivity index (χ3v) is 8.28. The van der Waals surface area contributed by atoms with Gasteiger partial charge in [0.15, 0.2) is 0 Å². The Morgan fingerprint density at radius 3 is 2.86 bits per heavy atom. The molecule has 1 spiro atoms. The number of hydrogen-bond donors (Lipinski definition) is 2. The Morgan fingerprint density at radius 1 is 1.37 bits per heavy atom. The van der Waals surface area contributed by atoms with E-state index in [1.54, 1.807) is 11.6 Å². The number of nitrogens with one attached hydrogen (secondary N) is 1. The van der Waals surface area contributed by atoms with Gasteiger partial charge < -0.3 is 24.8 Å². The Hall–Kier alpha value is -2.57. The van der Waals surface area contributed by atoms with Crippen molar-refractivity contribution in [2.75, 3.05) is 13.2 Å². The molecule has 11 nitrogen and oxygen atoms in total. The predicted molar refractivity (Wildman–Crippen MR) is 126 cm³/mol. The van der Waals surface area contributed by atoms with E-state index in [9.17, 15) is 19.5 Å². The van der Waals surface area contributed by atoms with Gasteiger partial charge in [0.2, 0.25) is 11.8 Å². The molecular formula is C23H28BrN5O6. The smallest absolute Gasteiger partial charge is 0.312 e. The zero-order chi connectivity index (χ0) is 24.9. The molecule has 35 heavy (non-hydrogen) atoms. The second kappa shape index (κ2) is 9.14. The second-order valence-electron chi connectivity index (χ2n) is 9.18. The van der Waals surface area contributed by atoms with Crippen LogP contribution in [0, 0.1) is 11.8 Å². The van der Waals surface area contributed by atoms with Crippen LogP contribution in [-0.2, 0) is 30.5 Å². The van der Waals surface area contributed by atoms with Crippen molar-refractivity contribution < 1.29 is 29.0 Å². The Balaban J connectivity index is 1.49. The molecule has 188 valence electrons. The number of carbonyl (C=O) groups is 3. The number of nitrogens with zero attached hydrogens (tertiary/aromatic N) is 4. The SMILES string of the molecule is CCOC(=O)[C@H]1[C@@H]2OC3(CC2Br)C(C(=O)NCn2nnc4ccccc42)N([C@@H](CC)CO)C(=O)[C@H]13. The van der Waals surface area contributed by atoms with E-state index in [-0.39, 0.29) is 30.6 Å². The molecule has 5 rings (SSSR count). The molecule has 0 aliphatic carbocycles. The lowest BCUT2D eigenvalue weighted by molar-refractivity contribution is -0.155. The summed E-state index contributed by atoms with van der Waals surface area (Å²) in [5, 5.41) is 21.1. The number of aromatic nitrogens is 3. The maximum Gasteiger partial charge on any atom is 0.312 e. The van der Waals surface area contributed by atoms with Crippen LogP contribution in [0.4, 0.5) is 0 Å². The Labute approximate surface area is 210 Å². The first-order valence-corrected chi connectivity index (χ1v) is 12.8.